The number of nitrogens with one attached hydrogen (secondary N) is 1. The summed E-state index contributed by atoms with van der Waals surface area (Å²) in [4.78, 5) is 17.2. The third kappa shape index (κ3) is 4.15. The summed E-state index contributed by atoms with van der Waals surface area (Å²) in [6.45, 7) is -0.386. The topological polar surface area (TPSA) is 112 Å². The highest BCUT2D eigenvalue weighted by Crippen LogP contribution is 2.33. The maximum atomic E-state index is 12.8. The SMILES string of the molecule is CC1(NC(=O)c2cnc3c(-c4cccc(OC(F)F)c4)nn(C4COC4)c3c2)CS(=O)(=O)C1. The van der Waals surface area contributed by atoms with Gasteiger partial charge in [-0.1, -0.05) is 12.1 Å². The van der Waals surface area contributed by atoms with E-state index in [0.29, 0.717) is 35.5 Å². The van der Waals surface area contributed by atoms with Gasteiger partial charge >= 0.3 is 6.61 Å². The number of carbonyl (C=O) groups excluding carboxylic acids is 1. The number of pyridine rings is 1. The van der Waals surface area contributed by atoms with Gasteiger partial charge in [-0.3, -0.25) is 14.5 Å². The van der Waals surface area contributed by atoms with Gasteiger partial charge in [0.1, 0.15) is 17.0 Å². The normalized spacial score (nSPS) is 19.2. The second-order valence-electron chi connectivity index (χ2n) is 8.53. The molecule has 0 atom stereocenters. The number of halogens is 2. The number of fused-ring (bicyclic) bond motifs is 1. The van der Waals surface area contributed by atoms with Gasteiger partial charge in [-0.25, -0.2) is 8.42 Å². The Hall–Kier alpha value is -3.12. The molecule has 0 spiro atoms. The highest BCUT2D eigenvalue weighted by Gasteiger charge is 2.45. The maximum absolute atomic E-state index is 12.8. The van der Waals surface area contributed by atoms with E-state index in [0.717, 1.165) is 0 Å². The van der Waals surface area contributed by atoms with E-state index in [2.05, 4.69) is 20.1 Å². The summed E-state index contributed by atoms with van der Waals surface area (Å²) < 4.78 is 59.9. The summed E-state index contributed by atoms with van der Waals surface area (Å²) in [5.41, 5.74) is 1.51. The van der Waals surface area contributed by atoms with Crippen LogP contribution in [0.2, 0.25) is 0 Å². The first kappa shape index (κ1) is 21.7. The number of hydrogen-bond donors (Lipinski definition) is 1. The van der Waals surface area contributed by atoms with E-state index in [9.17, 15) is 22.0 Å². The molecule has 9 nitrogen and oxygen atoms in total. The van der Waals surface area contributed by atoms with Gasteiger partial charge in [0, 0.05) is 11.8 Å². The lowest BCUT2D eigenvalue weighted by molar-refractivity contribution is -0.0498. The molecule has 174 valence electrons. The van der Waals surface area contributed by atoms with Crippen molar-refractivity contribution >= 4 is 26.8 Å². The minimum atomic E-state index is -3.12. The number of aromatic nitrogens is 3. The van der Waals surface area contributed by atoms with Crippen LogP contribution in [0.15, 0.2) is 36.5 Å². The second-order valence-corrected chi connectivity index (χ2v) is 10.6. The molecule has 0 unspecified atom stereocenters. The van der Waals surface area contributed by atoms with Crippen LogP contribution in [0.25, 0.3) is 22.3 Å². The highest BCUT2D eigenvalue weighted by atomic mass is 32.2. The molecule has 0 saturated carbocycles. The Balaban J connectivity index is 1.52. The molecule has 1 N–H and O–H groups in total. The van der Waals surface area contributed by atoms with Gasteiger partial charge in [-0.2, -0.15) is 13.9 Å². The predicted molar refractivity (Wildman–Crippen MR) is 114 cm³/mol. The van der Waals surface area contributed by atoms with Gasteiger partial charge in [0.25, 0.3) is 5.91 Å². The molecule has 2 saturated heterocycles. The van der Waals surface area contributed by atoms with Crippen LogP contribution in [0, 0.1) is 0 Å². The Kier molecular flexibility index (Phi) is 5.09. The van der Waals surface area contributed by atoms with Crippen LogP contribution in [0.1, 0.15) is 23.3 Å². The lowest BCUT2D eigenvalue weighted by Crippen LogP contribution is -2.63. The number of amides is 1. The quantitative estimate of drug-likeness (QED) is 0.578. The molecular formula is C21H20F2N4O5S. The number of carbonyl (C=O) groups is 1. The van der Waals surface area contributed by atoms with Crippen molar-refractivity contribution in [1.82, 2.24) is 20.1 Å². The van der Waals surface area contributed by atoms with Crippen LogP contribution in [0.4, 0.5) is 8.78 Å². The standard InChI is InChI=1S/C21H20F2N4O5S/c1-21(10-33(29,30)11-21)25-19(28)13-6-16-18(24-7-13)17(26-27(16)14-8-31-9-14)12-3-2-4-15(5-12)32-20(22)23/h2-7,14,20H,8-11H2,1H3,(H,25,28). The van der Waals surface area contributed by atoms with Gasteiger partial charge in [-0.15, -0.1) is 0 Å². The van der Waals surface area contributed by atoms with E-state index in [4.69, 9.17) is 4.74 Å². The van der Waals surface area contributed by atoms with Crippen LogP contribution in [0.5, 0.6) is 5.75 Å². The third-order valence-corrected chi connectivity index (χ3v) is 7.75. The molecule has 1 aromatic carbocycles. The molecule has 2 aliphatic heterocycles. The Morgan fingerprint density at radius 2 is 2.06 bits per heavy atom. The maximum Gasteiger partial charge on any atom is 0.387 e. The molecule has 4 heterocycles. The largest absolute Gasteiger partial charge is 0.435 e. The molecule has 0 radical (unpaired) electrons. The van der Waals surface area contributed by atoms with Crippen molar-refractivity contribution in [2.75, 3.05) is 24.7 Å². The van der Waals surface area contributed by atoms with Crippen LogP contribution in [-0.4, -0.2) is 66.0 Å². The predicted octanol–water partition coefficient (Wildman–Crippen LogP) is 2.19. The Morgan fingerprint density at radius 3 is 2.70 bits per heavy atom. The molecule has 0 bridgehead atoms. The molecule has 1 amide bonds. The summed E-state index contributed by atoms with van der Waals surface area (Å²) in [6, 6.07) is 7.75. The average molecular weight is 478 g/mol. The summed E-state index contributed by atoms with van der Waals surface area (Å²) in [6.07, 6.45) is 1.39. The zero-order valence-electron chi connectivity index (χ0n) is 17.5. The lowest BCUT2D eigenvalue weighted by Gasteiger charge is -2.38. The summed E-state index contributed by atoms with van der Waals surface area (Å²) in [5.74, 6) is -0.662. The third-order valence-electron chi connectivity index (χ3n) is 5.60. The van der Waals surface area contributed by atoms with Gasteiger partial charge in [0.05, 0.1) is 47.4 Å². The first-order valence-corrected chi connectivity index (χ1v) is 12.0. The zero-order valence-corrected chi connectivity index (χ0v) is 18.3. The summed E-state index contributed by atoms with van der Waals surface area (Å²) in [5, 5.41) is 7.41. The van der Waals surface area contributed by atoms with E-state index in [1.807, 2.05) is 0 Å². The fourth-order valence-corrected chi connectivity index (χ4v) is 6.15. The minimum Gasteiger partial charge on any atom is -0.435 e. The van der Waals surface area contributed by atoms with E-state index < -0.39 is 27.9 Å². The van der Waals surface area contributed by atoms with Crippen LogP contribution >= 0.6 is 0 Å². The number of hydrogen-bond acceptors (Lipinski definition) is 7. The van der Waals surface area contributed by atoms with Crippen LogP contribution in [-0.2, 0) is 14.6 Å². The molecule has 5 rings (SSSR count). The molecule has 2 fully saturated rings. The van der Waals surface area contributed by atoms with E-state index in [1.54, 1.807) is 29.8 Å². The smallest absolute Gasteiger partial charge is 0.387 e. The van der Waals surface area contributed by atoms with Gasteiger partial charge < -0.3 is 14.8 Å². The number of rotatable bonds is 6. The van der Waals surface area contributed by atoms with Gasteiger partial charge in [0.15, 0.2) is 9.84 Å². The Morgan fingerprint density at radius 1 is 1.30 bits per heavy atom. The van der Waals surface area contributed by atoms with Crippen molar-refractivity contribution < 1.29 is 31.5 Å². The molecule has 0 aliphatic carbocycles. The van der Waals surface area contributed by atoms with E-state index >= 15 is 0 Å². The Bertz CT molecular complexity index is 1340. The van der Waals surface area contributed by atoms with Crippen molar-refractivity contribution in [3.8, 4) is 17.0 Å². The van der Waals surface area contributed by atoms with Crippen molar-refractivity contribution in [1.29, 1.82) is 0 Å². The fourth-order valence-electron chi connectivity index (χ4n) is 4.15. The zero-order chi connectivity index (χ0) is 23.4. The molecule has 2 aliphatic rings. The second kappa shape index (κ2) is 7.73. The molecule has 12 heteroatoms. The van der Waals surface area contributed by atoms with Crippen LogP contribution in [0.3, 0.4) is 0 Å². The number of nitrogens with zero attached hydrogens (tertiary/aromatic N) is 3. The average Bonchev–Trinajstić information content (AvgIpc) is 3.03. The molecular weight excluding hydrogens is 458 g/mol. The fraction of sp³-hybridized carbons (Fsp3) is 0.381. The molecule has 33 heavy (non-hydrogen) atoms. The van der Waals surface area contributed by atoms with E-state index in [-0.39, 0.29) is 28.9 Å². The van der Waals surface area contributed by atoms with Crippen molar-refractivity contribution in [2.24, 2.45) is 0 Å². The molecule has 2 aromatic heterocycles. The molecule has 3 aromatic rings. The first-order valence-electron chi connectivity index (χ1n) is 10.2. The summed E-state index contributed by atoms with van der Waals surface area (Å²) in [7, 11) is -3.12. The number of benzene rings is 1. The number of ether oxygens (including phenoxy) is 2. The highest BCUT2D eigenvalue weighted by molar-refractivity contribution is 7.93. The van der Waals surface area contributed by atoms with Gasteiger partial charge in [-0.05, 0) is 25.1 Å². The number of sulfone groups is 1. The Labute approximate surface area is 187 Å². The van der Waals surface area contributed by atoms with Gasteiger partial charge in [0.2, 0.25) is 0 Å². The summed E-state index contributed by atoms with van der Waals surface area (Å²) >= 11 is 0. The minimum absolute atomic E-state index is 0.00290. The lowest BCUT2D eigenvalue weighted by atomic mass is 10.1. The van der Waals surface area contributed by atoms with Crippen molar-refractivity contribution in [3.63, 3.8) is 0 Å². The monoisotopic (exact) mass is 478 g/mol. The first-order chi connectivity index (χ1) is 15.6. The van der Waals surface area contributed by atoms with Crippen molar-refractivity contribution in [3.05, 3.63) is 42.1 Å². The number of alkyl halides is 2. The van der Waals surface area contributed by atoms with Crippen molar-refractivity contribution in [2.45, 2.75) is 25.1 Å². The van der Waals surface area contributed by atoms with Crippen LogP contribution < -0.4 is 10.1 Å². The van der Waals surface area contributed by atoms with E-state index in [1.165, 1.54) is 18.3 Å².